The average Bonchev–Trinajstić information content (AvgIpc) is 2.89. The first-order valence-electron chi connectivity index (χ1n) is 13.9. The molecule has 1 saturated carbocycles. The summed E-state index contributed by atoms with van der Waals surface area (Å²) < 4.78 is 39.3. The number of hydrogen-bond donors (Lipinski definition) is 2. The minimum Gasteiger partial charge on any atom is -0.382 e. The zero-order valence-corrected chi connectivity index (χ0v) is 22.1. The van der Waals surface area contributed by atoms with Crippen molar-refractivity contribution in [2.24, 2.45) is 11.8 Å². The molecule has 2 fully saturated rings. The van der Waals surface area contributed by atoms with E-state index in [4.69, 9.17) is 9.47 Å². The fourth-order valence-corrected chi connectivity index (χ4v) is 5.68. The second kappa shape index (κ2) is 15.5. The molecule has 36 heavy (non-hydrogen) atoms. The van der Waals surface area contributed by atoms with Crippen LogP contribution in [0.25, 0.3) is 0 Å². The maximum Gasteiger partial charge on any atom is 0.317 e. The summed E-state index contributed by atoms with van der Waals surface area (Å²) in [5.74, 6) is -1.07. The van der Waals surface area contributed by atoms with Crippen molar-refractivity contribution in [2.45, 2.75) is 76.9 Å². The molecule has 8 heteroatoms. The molecule has 3 rings (SSSR count). The second-order valence-corrected chi connectivity index (χ2v) is 10.3. The van der Waals surface area contributed by atoms with E-state index in [9.17, 15) is 13.6 Å². The van der Waals surface area contributed by atoms with E-state index in [-0.39, 0.29) is 18.0 Å². The predicted octanol–water partition coefficient (Wildman–Crippen LogP) is 5.43. The van der Waals surface area contributed by atoms with Crippen LogP contribution in [-0.4, -0.2) is 63.5 Å². The summed E-state index contributed by atoms with van der Waals surface area (Å²) in [7, 11) is 1.92. The molecule has 1 unspecified atom stereocenters. The number of urea groups is 1. The zero-order valence-electron chi connectivity index (χ0n) is 22.1. The first kappa shape index (κ1) is 28.8. The van der Waals surface area contributed by atoms with Crippen LogP contribution in [0.3, 0.4) is 0 Å². The number of rotatable bonds is 13. The number of ether oxygens (including phenoxy) is 2. The van der Waals surface area contributed by atoms with Gasteiger partial charge in [-0.15, -0.1) is 0 Å². The van der Waals surface area contributed by atoms with Gasteiger partial charge in [-0.1, -0.05) is 38.2 Å². The molecular formula is C28H45F2N3O3. The Labute approximate surface area is 215 Å². The van der Waals surface area contributed by atoms with E-state index in [0.717, 1.165) is 38.3 Å². The van der Waals surface area contributed by atoms with Crippen molar-refractivity contribution in [3.8, 4) is 0 Å². The third-order valence-corrected chi connectivity index (χ3v) is 7.50. The molecule has 204 valence electrons. The van der Waals surface area contributed by atoms with Crippen LogP contribution in [0.1, 0.15) is 76.4 Å². The molecule has 6 nitrogen and oxygen atoms in total. The number of hydrogen-bond acceptors (Lipinski definition) is 4. The van der Waals surface area contributed by atoms with Crippen LogP contribution < -0.4 is 10.6 Å². The lowest BCUT2D eigenvalue weighted by atomic mass is 9.85. The number of carbonyl (C=O) groups is 1. The summed E-state index contributed by atoms with van der Waals surface area (Å²) in [5.41, 5.74) is 0.614. The highest BCUT2D eigenvalue weighted by Crippen LogP contribution is 2.34. The van der Waals surface area contributed by atoms with Gasteiger partial charge < -0.3 is 25.0 Å². The highest BCUT2D eigenvalue weighted by molar-refractivity contribution is 5.74. The Morgan fingerprint density at radius 2 is 1.92 bits per heavy atom. The van der Waals surface area contributed by atoms with Crippen molar-refractivity contribution in [1.82, 2.24) is 15.5 Å². The van der Waals surface area contributed by atoms with Crippen molar-refractivity contribution in [3.63, 3.8) is 0 Å². The molecule has 2 aliphatic rings. The summed E-state index contributed by atoms with van der Waals surface area (Å²) in [6, 6.07) is 4.04. The Morgan fingerprint density at radius 1 is 1.11 bits per heavy atom. The van der Waals surface area contributed by atoms with Crippen LogP contribution in [-0.2, 0) is 9.47 Å². The Hall–Kier alpha value is -1.77. The Balaban J connectivity index is 1.63. The van der Waals surface area contributed by atoms with Gasteiger partial charge in [0.05, 0.1) is 6.10 Å². The van der Waals surface area contributed by atoms with E-state index in [2.05, 4.69) is 10.6 Å². The molecule has 1 aliphatic heterocycles. The normalized spacial score (nSPS) is 20.8. The van der Waals surface area contributed by atoms with Gasteiger partial charge in [0.15, 0.2) is 11.6 Å². The van der Waals surface area contributed by atoms with E-state index in [1.807, 2.05) is 18.9 Å². The SMILES string of the molecule is CCOCCCO[C@@H](c1ccc(F)c(F)c1)[C@@H]1CCCN(C(=O)NC(CNC)CC2CCCCC2)C1. The van der Waals surface area contributed by atoms with Gasteiger partial charge in [0.2, 0.25) is 0 Å². The first-order chi connectivity index (χ1) is 17.5. The maximum atomic E-state index is 14.1. The number of carbonyl (C=O) groups excluding carboxylic acids is 1. The largest absolute Gasteiger partial charge is 0.382 e. The molecule has 2 amide bonds. The second-order valence-electron chi connectivity index (χ2n) is 10.3. The summed E-state index contributed by atoms with van der Waals surface area (Å²) in [5, 5.41) is 6.51. The number of likely N-dealkylation sites (tertiary alicyclic amines) is 1. The van der Waals surface area contributed by atoms with Crippen molar-refractivity contribution >= 4 is 6.03 Å². The molecule has 0 aromatic heterocycles. The molecule has 0 bridgehead atoms. The highest BCUT2D eigenvalue weighted by atomic mass is 19.2. The average molecular weight is 510 g/mol. The molecule has 1 heterocycles. The number of piperidine rings is 1. The highest BCUT2D eigenvalue weighted by Gasteiger charge is 2.32. The summed E-state index contributed by atoms with van der Waals surface area (Å²) in [4.78, 5) is 15.2. The van der Waals surface area contributed by atoms with Gasteiger partial charge in [-0.05, 0) is 63.3 Å². The number of likely N-dealkylation sites (N-methyl/N-ethyl adjacent to an activating group) is 1. The van der Waals surface area contributed by atoms with Crippen LogP contribution in [0.2, 0.25) is 0 Å². The molecule has 2 N–H and O–H groups in total. The zero-order chi connectivity index (χ0) is 25.8. The van der Waals surface area contributed by atoms with Crippen molar-refractivity contribution in [1.29, 1.82) is 0 Å². The fourth-order valence-electron chi connectivity index (χ4n) is 5.68. The van der Waals surface area contributed by atoms with Crippen molar-refractivity contribution < 1.29 is 23.0 Å². The number of halogens is 2. The van der Waals surface area contributed by atoms with Crippen molar-refractivity contribution in [3.05, 3.63) is 35.4 Å². The number of nitrogens with zero attached hydrogens (tertiary/aromatic N) is 1. The van der Waals surface area contributed by atoms with E-state index in [1.165, 1.54) is 38.2 Å². The van der Waals surface area contributed by atoms with E-state index >= 15 is 0 Å². The molecule has 1 aromatic rings. The molecule has 1 aliphatic carbocycles. The predicted molar refractivity (Wildman–Crippen MR) is 138 cm³/mol. The third-order valence-electron chi connectivity index (χ3n) is 7.50. The van der Waals surface area contributed by atoms with Crippen molar-refractivity contribution in [2.75, 3.05) is 46.5 Å². The van der Waals surface area contributed by atoms with Crippen LogP contribution in [0.5, 0.6) is 0 Å². The number of benzene rings is 1. The molecule has 0 spiro atoms. The standard InChI is InChI=1S/C28H45F2N3O3/c1-3-35-15-8-16-36-27(22-12-13-25(29)26(30)18-22)23-11-7-14-33(20-23)28(34)32-24(19-31-2)17-21-9-5-4-6-10-21/h12-13,18,21,23-24,27,31H,3-11,14-17,19-20H2,1-2H3,(H,32,34)/t23-,24?,27+/m1/s1. The fraction of sp³-hybridized carbons (Fsp3) is 0.750. The van der Waals surface area contributed by atoms with E-state index < -0.39 is 17.7 Å². The topological polar surface area (TPSA) is 62.8 Å². The van der Waals surface area contributed by atoms with E-state index in [1.54, 1.807) is 6.07 Å². The van der Waals surface area contributed by atoms with Gasteiger partial charge in [-0.2, -0.15) is 0 Å². The number of amides is 2. The molecular weight excluding hydrogens is 464 g/mol. The minimum atomic E-state index is -0.876. The lowest BCUT2D eigenvalue weighted by Gasteiger charge is -2.38. The monoisotopic (exact) mass is 509 g/mol. The van der Waals surface area contributed by atoms with E-state index in [0.29, 0.717) is 44.4 Å². The van der Waals surface area contributed by atoms with Crippen LogP contribution >= 0.6 is 0 Å². The third kappa shape index (κ3) is 8.96. The Bertz CT molecular complexity index is 791. The molecule has 1 saturated heterocycles. The Kier molecular flexibility index (Phi) is 12.4. The number of nitrogens with one attached hydrogen (secondary N) is 2. The summed E-state index contributed by atoms with van der Waals surface area (Å²) in [6.07, 6.45) is 9.41. The minimum absolute atomic E-state index is 0.00236. The van der Waals surface area contributed by atoms with Crippen LogP contribution in [0, 0.1) is 23.5 Å². The summed E-state index contributed by atoms with van der Waals surface area (Å²) in [6.45, 7) is 5.60. The van der Waals surface area contributed by atoms with Crippen LogP contribution in [0.15, 0.2) is 18.2 Å². The summed E-state index contributed by atoms with van der Waals surface area (Å²) >= 11 is 0. The van der Waals surface area contributed by atoms with Gasteiger partial charge in [-0.3, -0.25) is 0 Å². The van der Waals surface area contributed by atoms with Crippen LogP contribution in [0.4, 0.5) is 13.6 Å². The maximum absolute atomic E-state index is 14.1. The van der Waals surface area contributed by atoms with Gasteiger partial charge in [0, 0.05) is 51.4 Å². The first-order valence-corrected chi connectivity index (χ1v) is 13.9. The molecule has 0 radical (unpaired) electrons. The Morgan fingerprint density at radius 3 is 2.64 bits per heavy atom. The lowest BCUT2D eigenvalue weighted by molar-refractivity contribution is -0.0186. The van der Waals surface area contributed by atoms with Gasteiger partial charge in [0.1, 0.15) is 0 Å². The van der Waals surface area contributed by atoms with Gasteiger partial charge in [-0.25, -0.2) is 13.6 Å². The van der Waals surface area contributed by atoms with Gasteiger partial charge in [0.25, 0.3) is 0 Å². The molecule has 1 aromatic carbocycles. The van der Waals surface area contributed by atoms with Gasteiger partial charge >= 0.3 is 6.03 Å². The lowest BCUT2D eigenvalue weighted by Crippen LogP contribution is -2.52. The smallest absolute Gasteiger partial charge is 0.317 e. The quantitative estimate of drug-likeness (QED) is 0.348. The molecule has 3 atom stereocenters.